The Balaban J connectivity index is 1.73. The van der Waals surface area contributed by atoms with Gasteiger partial charge in [0.25, 0.3) is 0 Å². The van der Waals surface area contributed by atoms with Crippen molar-refractivity contribution in [3.8, 4) is 11.3 Å². The molecule has 0 aliphatic carbocycles. The van der Waals surface area contributed by atoms with Crippen molar-refractivity contribution in [2.24, 2.45) is 5.10 Å². The van der Waals surface area contributed by atoms with E-state index in [9.17, 15) is 0 Å². The first-order valence-electron chi connectivity index (χ1n) is 8.37. The number of anilines is 1. The number of hydrogen-bond donors (Lipinski definition) is 1. The molecule has 0 radical (unpaired) electrons. The van der Waals surface area contributed by atoms with Crippen LogP contribution in [0.4, 0.5) is 5.95 Å². The molecule has 0 aliphatic rings. The lowest BCUT2D eigenvalue weighted by atomic mass is 10.1. The lowest BCUT2D eigenvalue weighted by Gasteiger charge is -2.09. The summed E-state index contributed by atoms with van der Waals surface area (Å²) < 4.78 is 0. The first kappa shape index (κ1) is 18.7. The van der Waals surface area contributed by atoms with Gasteiger partial charge in [-0.25, -0.2) is 15.4 Å². The number of benzene rings is 3. The second-order valence-electron chi connectivity index (χ2n) is 5.96. The zero-order valence-corrected chi connectivity index (χ0v) is 16.7. The first-order valence-corrected chi connectivity index (χ1v) is 9.50. The lowest BCUT2D eigenvalue weighted by molar-refractivity contribution is 1.16. The van der Waals surface area contributed by atoms with E-state index in [1.807, 2.05) is 42.5 Å². The average Bonchev–Trinajstić information content (AvgIpc) is 2.71. The maximum atomic E-state index is 6.18. The van der Waals surface area contributed by atoms with Crippen molar-refractivity contribution < 1.29 is 0 Å². The minimum atomic E-state index is 0.364. The fraction of sp³-hybridized carbons (Fsp3) is 0. The van der Waals surface area contributed by atoms with Gasteiger partial charge in [-0.2, -0.15) is 5.10 Å². The van der Waals surface area contributed by atoms with Gasteiger partial charge in [0.15, 0.2) is 0 Å². The minimum absolute atomic E-state index is 0.364. The van der Waals surface area contributed by atoms with Crippen LogP contribution in [0.15, 0.2) is 71.8 Å². The van der Waals surface area contributed by atoms with E-state index in [-0.39, 0.29) is 0 Å². The van der Waals surface area contributed by atoms with E-state index < -0.39 is 0 Å². The van der Waals surface area contributed by atoms with Crippen LogP contribution in [0.3, 0.4) is 0 Å². The summed E-state index contributed by atoms with van der Waals surface area (Å²) in [4.78, 5) is 9.15. The molecule has 4 aromatic rings. The van der Waals surface area contributed by atoms with Gasteiger partial charge in [0.05, 0.1) is 17.4 Å². The number of nitrogens with one attached hydrogen (secondary N) is 1. The molecule has 3 aromatic carbocycles. The molecule has 0 saturated heterocycles. The number of hydrogen-bond acceptors (Lipinski definition) is 4. The van der Waals surface area contributed by atoms with E-state index in [0.29, 0.717) is 26.6 Å². The van der Waals surface area contributed by atoms with Crippen LogP contribution in [0.2, 0.25) is 15.1 Å². The fourth-order valence-corrected chi connectivity index (χ4v) is 3.26. The fourth-order valence-electron chi connectivity index (χ4n) is 2.74. The van der Waals surface area contributed by atoms with E-state index in [1.54, 1.807) is 30.5 Å². The molecule has 7 heteroatoms. The Hall–Kier alpha value is -2.66. The molecule has 1 heterocycles. The predicted molar refractivity (Wildman–Crippen MR) is 118 cm³/mol. The summed E-state index contributed by atoms with van der Waals surface area (Å²) in [6, 6.07) is 20.5. The van der Waals surface area contributed by atoms with Crippen LogP contribution in [0, 0.1) is 0 Å². The summed E-state index contributed by atoms with van der Waals surface area (Å²) in [6.07, 6.45) is 1.58. The van der Waals surface area contributed by atoms with Gasteiger partial charge in [-0.05, 0) is 36.4 Å². The molecule has 1 N–H and O–H groups in total. The molecule has 1 aromatic heterocycles. The molecule has 0 saturated carbocycles. The van der Waals surface area contributed by atoms with Crippen LogP contribution in [-0.4, -0.2) is 16.2 Å². The summed E-state index contributed by atoms with van der Waals surface area (Å²) in [5.74, 6) is 0.364. The topological polar surface area (TPSA) is 50.2 Å². The first-order chi connectivity index (χ1) is 13.6. The highest BCUT2D eigenvalue weighted by Gasteiger charge is 2.10. The van der Waals surface area contributed by atoms with E-state index in [4.69, 9.17) is 34.8 Å². The summed E-state index contributed by atoms with van der Waals surface area (Å²) in [6.45, 7) is 0. The number of rotatable bonds is 4. The Morgan fingerprint density at radius 2 is 1.57 bits per heavy atom. The molecule has 0 unspecified atom stereocenters. The van der Waals surface area contributed by atoms with Crippen molar-refractivity contribution >= 4 is 57.9 Å². The van der Waals surface area contributed by atoms with Crippen LogP contribution >= 0.6 is 34.8 Å². The number of aromatic nitrogens is 2. The van der Waals surface area contributed by atoms with Crippen LogP contribution < -0.4 is 5.43 Å². The predicted octanol–water partition coefficient (Wildman–Crippen LogP) is 6.70. The van der Waals surface area contributed by atoms with Gasteiger partial charge in [0.1, 0.15) is 0 Å². The maximum Gasteiger partial charge on any atom is 0.244 e. The zero-order chi connectivity index (χ0) is 19.5. The largest absolute Gasteiger partial charge is 0.245 e. The average molecular weight is 428 g/mol. The van der Waals surface area contributed by atoms with Crippen molar-refractivity contribution in [1.82, 2.24) is 9.97 Å². The highest BCUT2D eigenvalue weighted by Crippen LogP contribution is 2.29. The molecule has 0 bridgehead atoms. The van der Waals surface area contributed by atoms with E-state index >= 15 is 0 Å². The van der Waals surface area contributed by atoms with E-state index in [1.165, 1.54) is 0 Å². The normalized spacial score (nSPS) is 11.2. The second-order valence-corrected chi connectivity index (χ2v) is 7.24. The van der Waals surface area contributed by atoms with E-state index in [2.05, 4.69) is 20.5 Å². The molecule has 4 rings (SSSR count). The number of fused-ring (bicyclic) bond motifs is 1. The van der Waals surface area contributed by atoms with Gasteiger partial charge in [0, 0.05) is 31.6 Å². The molecule has 0 aliphatic heterocycles. The Morgan fingerprint density at radius 3 is 2.39 bits per heavy atom. The van der Waals surface area contributed by atoms with Crippen molar-refractivity contribution in [3.05, 3.63) is 87.4 Å². The third-order valence-corrected chi connectivity index (χ3v) is 4.85. The quantitative estimate of drug-likeness (QED) is 0.291. The third kappa shape index (κ3) is 4.09. The second kappa shape index (κ2) is 8.15. The number of nitrogens with zero attached hydrogens (tertiary/aromatic N) is 3. The Morgan fingerprint density at radius 1 is 0.821 bits per heavy atom. The summed E-state index contributed by atoms with van der Waals surface area (Å²) >= 11 is 18.3. The van der Waals surface area contributed by atoms with Gasteiger partial charge in [-0.1, -0.05) is 65.1 Å². The standard InChI is InChI=1S/C21H13Cl3N4/c22-15-6-8-18(24)14(10-15)12-25-28-21-26-19-9-7-16(23)11-17(19)20(27-21)13-4-2-1-3-5-13/h1-12H,(H,26,27,28)/b25-12+. The highest BCUT2D eigenvalue weighted by molar-refractivity contribution is 6.35. The van der Waals surface area contributed by atoms with Crippen molar-refractivity contribution in [3.63, 3.8) is 0 Å². The SMILES string of the molecule is Clc1ccc(Cl)c(/C=N/Nc2nc(-c3ccccc3)c3cc(Cl)ccc3n2)c1. The highest BCUT2D eigenvalue weighted by atomic mass is 35.5. The molecule has 28 heavy (non-hydrogen) atoms. The Kier molecular flexibility index (Phi) is 5.44. The van der Waals surface area contributed by atoms with Crippen molar-refractivity contribution in [2.45, 2.75) is 0 Å². The van der Waals surface area contributed by atoms with Gasteiger partial charge in [-0.3, -0.25) is 0 Å². The third-order valence-electron chi connectivity index (χ3n) is 4.03. The molecule has 0 fully saturated rings. The molecule has 0 amide bonds. The van der Waals surface area contributed by atoms with Gasteiger partial charge in [0.2, 0.25) is 5.95 Å². The summed E-state index contributed by atoms with van der Waals surface area (Å²) in [5.41, 5.74) is 6.05. The van der Waals surface area contributed by atoms with Crippen LogP contribution in [0.5, 0.6) is 0 Å². The number of hydrazone groups is 1. The lowest BCUT2D eigenvalue weighted by Crippen LogP contribution is -2.00. The van der Waals surface area contributed by atoms with E-state index in [0.717, 1.165) is 22.2 Å². The summed E-state index contributed by atoms with van der Waals surface area (Å²) in [5, 5.41) is 6.83. The van der Waals surface area contributed by atoms with Crippen molar-refractivity contribution in [1.29, 1.82) is 0 Å². The minimum Gasteiger partial charge on any atom is -0.245 e. The maximum absolute atomic E-state index is 6.18. The smallest absolute Gasteiger partial charge is 0.244 e. The molecule has 0 spiro atoms. The van der Waals surface area contributed by atoms with Crippen LogP contribution in [0.25, 0.3) is 22.2 Å². The zero-order valence-electron chi connectivity index (χ0n) is 14.4. The van der Waals surface area contributed by atoms with Gasteiger partial charge in [-0.15, -0.1) is 0 Å². The van der Waals surface area contributed by atoms with Gasteiger partial charge < -0.3 is 0 Å². The molecular formula is C21H13Cl3N4. The molecule has 4 nitrogen and oxygen atoms in total. The Labute approximate surface area is 176 Å². The monoisotopic (exact) mass is 426 g/mol. The molecule has 138 valence electrons. The molecule has 0 atom stereocenters. The van der Waals surface area contributed by atoms with Crippen LogP contribution in [-0.2, 0) is 0 Å². The van der Waals surface area contributed by atoms with Gasteiger partial charge >= 0.3 is 0 Å². The number of halogens is 3. The Bertz CT molecular complexity index is 1180. The summed E-state index contributed by atoms with van der Waals surface area (Å²) in [7, 11) is 0. The molecular weight excluding hydrogens is 415 g/mol. The van der Waals surface area contributed by atoms with Crippen LogP contribution in [0.1, 0.15) is 5.56 Å². The van der Waals surface area contributed by atoms with Crippen molar-refractivity contribution in [2.75, 3.05) is 5.43 Å².